The van der Waals surface area contributed by atoms with Gasteiger partial charge in [0.25, 0.3) is 0 Å². The molecular weight excluding hydrogens is 220 g/mol. The fourth-order valence-electron chi connectivity index (χ4n) is 1.01. The topological polar surface area (TPSA) is 98.5 Å². The van der Waals surface area contributed by atoms with Crippen molar-refractivity contribution >= 4 is 29.5 Å². The molecule has 82 valence electrons. The first-order chi connectivity index (χ1) is 7.02. The Kier molecular flexibility index (Phi) is 3.73. The molecule has 2 amide bonds. The van der Waals surface area contributed by atoms with Gasteiger partial charge in [0.1, 0.15) is 5.25 Å². The van der Waals surface area contributed by atoms with Gasteiger partial charge in [-0.3, -0.25) is 14.4 Å². The zero-order valence-electron chi connectivity index (χ0n) is 7.98. The van der Waals surface area contributed by atoms with E-state index in [2.05, 4.69) is 10.1 Å². The molecule has 1 heterocycles. The predicted molar refractivity (Wildman–Crippen MR) is 53.4 cm³/mol. The van der Waals surface area contributed by atoms with Crippen LogP contribution in [0.2, 0.25) is 0 Å². The van der Waals surface area contributed by atoms with Crippen LogP contribution in [0.1, 0.15) is 6.42 Å². The first-order valence-electron chi connectivity index (χ1n) is 4.08. The maximum Gasteiger partial charge on any atom is 0.307 e. The highest BCUT2D eigenvalue weighted by atomic mass is 32.2. The van der Waals surface area contributed by atoms with E-state index in [-0.39, 0.29) is 12.3 Å². The number of nitrogens with two attached hydrogens (primary N) is 1. The van der Waals surface area contributed by atoms with E-state index in [1.54, 1.807) is 0 Å². The van der Waals surface area contributed by atoms with E-state index >= 15 is 0 Å². The monoisotopic (exact) mass is 230 g/mol. The number of carbonyl (C=O) groups excluding carboxylic acids is 3. The van der Waals surface area contributed by atoms with Gasteiger partial charge in [-0.05, 0) is 0 Å². The number of nitrogens with one attached hydrogen (secondary N) is 1. The Morgan fingerprint density at radius 2 is 2.33 bits per heavy atom. The van der Waals surface area contributed by atoms with Crippen molar-refractivity contribution in [2.24, 2.45) is 5.73 Å². The zero-order valence-corrected chi connectivity index (χ0v) is 8.80. The van der Waals surface area contributed by atoms with Gasteiger partial charge >= 0.3 is 5.97 Å². The Morgan fingerprint density at radius 1 is 1.67 bits per heavy atom. The van der Waals surface area contributed by atoms with Crippen LogP contribution in [0.4, 0.5) is 0 Å². The average Bonchev–Trinajstić information content (AvgIpc) is 2.45. The van der Waals surface area contributed by atoms with Crippen LogP contribution in [0, 0.1) is 0 Å². The van der Waals surface area contributed by atoms with Crippen LogP contribution in [-0.4, -0.2) is 30.1 Å². The molecule has 1 aliphatic rings. The van der Waals surface area contributed by atoms with E-state index in [1.165, 1.54) is 7.11 Å². The molecule has 1 aliphatic heterocycles. The molecule has 0 aromatic rings. The molecule has 1 saturated heterocycles. The lowest BCUT2D eigenvalue weighted by molar-refractivity contribution is -0.141. The van der Waals surface area contributed by atoms with Crippen LogP contribution in [-0.2, 0) is 19.1 Å². The first kappa shape index (κ1) is 11.6. The number of hydrogen-bond donors (Lipinski definition) is 2. The Labute approximate surface area is 90.2 Å². The van der Waals surface area contributed by atoms with Gasteiger partial charge in [-0.1, -0.05) is 11.8 Å². The van der Waals surface area contributed by atoms with E-state index in [9.17, 15) is 14.4 Å². The van der Waals surface area contributed by atoms with Crippen molar-refractivity contribution in [2.45, 2.75) is 11.7 Å². The van der Waals surface area contributed by atoms with E-state index < -0.39 is 17.1 Å². The summed E-state index contributed by atoms with van der Waals surface area (Å²) in [5.74, 6) is -1.43. The average molecular weight is 230 g/mol. The fourth-order valence-corrected chi connectivity index (χ4v) is 2.04. The molecule has 6 nitrogen and oxygen atoms in total. The highest BCUT2D eigenvalue weighted by Crippen LogP contribution is 2.28. The van der Waals surface area contributed by atoms with Crippen molar-refractivity contribution in [3.63, 3.8) is 0 Å². The summed E-state index contributed by atoms with van der Waals surface area (Å²) in [5.41, 5.74) is 4.92. The summed E-state index contributed by atoms with van der Waals surface area (Å²) in [4.78, 5) is 32.7. The number of primary amides is 1. The summed E-state index contributed by atoms with van der Waals surface area (Å²) in [6.45, 7) is 0. The molecule has 7 heteroatoms. The van der Waals surface area contributed by atoms with Crippen LogP contribution < -0.4 is 11.1 Å². The van der Waals surface area contributed by atoms with Crippen LogP contribution >= 0.6 is 11.8 Å². The second-order valence-corrected chi connectivity index (χ2v) is 4.03. The molecule has 0 aromatic heterocycles. The van der Waals surface area contributed by atoms with Gasteiger partial charge in [-0.15, -0.1) is 0 Å². The SMILES string of the molecule is COC(=O)CC1SC(=CC(N)=O)NC1=O. The van der Waals surface area contributed by atoms with E-state index in [0.717, 1.165) is 17.8 Å². The van der Waals surface area contributed by atoms with Crippen molar-refractivity contribution in [3.05, 3.63) is 11.1 Å². The number of thioether (sulfide) groups is 1. The normalized spacial score (nSPS) is 22.6. The summed E-state index contributed by atoms with van der Waals surface area (Å²) < 4.78 is 4.43. The fraction of sp³-hybridized carbons (Fsp3) is 0.375. The van der Waals surface area contributed by atoms with Gasteiger partial charge in [0, 0.05) is 6.08 Å². The number of carbonyl (C=O) groups is 3. The second-order valence-electron chi connectivity index (χ2n) is 2.79. The highest BCUT2D eigenvalue weighted by Gasteiger charge is 2.31. The lowest BCUT2D eigenvalue weighted by Gasteiger charge is -2.02. The molecule has 1 unspecified atom stereocenters. The number of methoxy groups -OCH3 is 1. The third-order valence-corrected chi connectivity index (χ3v) is 2.80. The molecule has 0 bridgehead atoms. The van der Waals surface area contributed by atoms with Gasteiger partial charge in [-0.2, -0.15) is 0 Å². The number of ether oxygens (including phenoxy) is 1. The van der Waals surface area contributed by atoms with Gasteiger partial charge in [0.05, 0.1) is 18.6 Å². The Hall–Kier alpha value is -1.50. The quantitative estimate of drug-likeness (QED) is 0.484. The summed E-state index contributed by atoms with van der Waals surface area (Å²) in [7, 11) is 1.25. The molecule has 1 atom stereocenters. The molecule has 0 spiro atoms. The Balaban J connectivity index is 2.61. The van der Waals surface area contributed by atoms with Crippen LogP contribution in [0.3, 0.4) is 0 Å². The number of amides is 2. The minimum Gasteiger partial charge on any atom is -0.469 e. The minimum absolute atomic E-state index is 0.0247. The largest absolute Gasteiger partial charge is 0.469 e. The standard InChI is InChI=1S/C8H10N2O4S/c1-14-7(12)2-4-8(13)10-6(15-4)3-5(9)11/h3-4H,2H2,1H3,(H2,9,11)(H,10,13). The molecule has 0 aromatic carbocycles. The lowest BCUT2D eigenvalue weighted by atomic mass is 10.3. The van der Waals surface area contributed by atoms with Crippen molar-refractivity contribution in [1.29, 1.82) is 0 Å². The predicted octanol–water partition coefficient (Wildman–Crippen LogP) is -0.892. The third kappa shape index (κ3) is 3.28. The maximum absolute atomic E-state index is 11.3. The van der Waals surface area contributed by atoms with E-state index in [1.807, 2.05) is 0 Å². The van der Waals surface area contributed by atoms with E-state index in [0.29, 0.717) is 5.03 Å². The van der Waals surface area contributed by atoms with Crippen molar-refractivity contribution < 1.29 is 19.1 Å². The summed E-state index contributed by atoms with van der Waals surface area (Å²) in [6.07, 6.45) is 1.09. The first-order valence-corrected chi connectivity index (χ1v) is 4.96. The molecule has 1 rings (SSSR count). The smallest absolute Gasteiger partial charge is 0.307 e. The number of esters is 1. The summed E-state index contributed by atoms with van der Waals surface area (Å²) in [5, 5.41) is 2.25. The zero-order chi connectivity index (χ0) is 11.4. The highest BCUT2D eigenvalue weighted by molar-refractivity contribution is 8.04. The Bertz CT molecular complexity index is 340. The molecule has 15 heavy (non-hydrogen) atoms. The van der Waals surface area contributed by atoms with Gasteiger partial charge in [-0.25, -0.2) is 0 Å². The molecule has 0 aliphatic carbocycles. The number of hydrogen-bond acceptors (Lipinski definition) is 5. The second kappa shape index (κ2) is 4.83. The molecule has 1 fully saturated rings. The third-order valence-electron chi connectivity index (χ3n) is 1.66. The maximum atomic E-state index is 11.3. The minimum atomic E-state index is -0.642. The van der Waals surface area contributed by atoms with Crippen LogP contribution in [0.5, 0.6) is 0 Å². The van der Waals surface area contributed by atoms with Crippen molar-refractivity contribution in [3.8, 4) is 0 Å². The summed E-state index contributed by atoms with van der Waals surface area (Å²) in [6, 6.07) is 0. The molecule has 0 radical (unpaired) electrons. The van der Waals surface area contributed by atoms with Gasteiger partial charge < -0.3 is 15.8 Å². The van der Waals surface area contributed by atoms with Crippen LogP contribution in [0.25, 0.3) is 0 Å². The van der Waals surface area contributed by atoms with E-state index in [4.69, 9.17) is 5.73 Å². The summed E-state index contributed by atoms with van der Waals surface area (Å²) >= 11 is 1.09. The van der Waals surface area contributed by atoms with Gasteiger partial charge in [0.15, 0.2) is 0 Å². The molecule has 3 N–H and O–H groups in total. The number of rotatable bonds is 3. The molecular formula is C8H10N2O4S. The Morgan fingerprint density at radius 3 is 2.87 bits per heavy atom. The molecule has 0 saturated carbocycles. The van der Waals surface area contributed by atoms with Crippen molar-refractivity contribution in [1.82, 2.24) is 5.32 Å². The lowest BCUT2D eigenvalue weighted by Crippen LogP contribution is -2.25. The van der Waals surface area contributed by atoms with Crippen LogP contribution in [0.15, 0.2) is 11.1 Å². The van der Waals surface area contributed by atoms with Gasteiger partial charge in [0.2, 0.25) is 11.8 Å². The van der Waals surface area contributed by atoms with Crippen molar-refractivity contribution in [2.75, 3.05) is 7.11 Å².